The van der Waals surface area contributed by atoms with E-state index in [4.69, 9.17) is 0 Å². The van der Waals surface area contributed by atoms with Gasteiger partial charge >= 0.3 is 0 Å². The number of ketones is 1. The summed E-state index contributed by atoms with van der Waals surface area (Å²) in [6.07, 6.45) is 5.40. The normalized spacial score (nSPS) is 17.5. The summed E-state index contributed by atoms with van der Waals surface area (Å²) in [4.78, 5) is 27.2. The third kappa shape index (κ3) is 3.50. The molecule has 2 aromatic heterocycles. The fourth-order valence-corrected chi connectivity index (χ4v) is 3.49. The van der Waals surface area contributed by atoms with Crippen LogP contribution in [0.15, 0.2) is 18.5 Å². The lowest BCUT2D eigenvalue weighted by molar-refractivity contribution is 0.0711. The van der Waals surface area contributed by atoms with Crippen LogP contribution < -0.4 is 0 Å². The summed E-state index contributed by atoms with van der Waals surface area (Å²) in [5.41, 5.74) is 2.10. The number of likely N-dealkylation sites (tertiary alicyclic amines) is 1. The van der Waals surface area contributed by atoms with Crippen molar-refractivity contribution in [2.45, 2.75) is 45.1 Å². The van der Waals surface area contributed by atoms with Crippen molar-refractivity contribution in [3.05, 3.63) is 35.4 Å². The Morgan fingerprint density at radius 3 is 2.68 bits per heavy atom. The van der Waals surface area contributed by atoms with Crippen LogP contribution >= 0.6 is 0 Å². The SMILES string of the molecule is CC(C)c1cc(C(=O)N2CCC[C@H]2CC(=O)c2cnn(C)c2)nn1C. The topological polar surface area (TPSA) is 73.0 Å². The van der Waals surface area contributed by atoms with Gasteiger partial charge in [0.2, 0.25) is 0 Å². The van der Waals surface area contributed by atoms with Crippen LogP contribution in [-0.2, 0) is 14.1 Å². The van der Waals surface area contributed by atoms with Crippen LogP contribution in [0.5, 0.6) is 0 Å². The van der Waals surface area contributed by atoms with E-state index in [0.29, 0.717) is 30.1 Å². The van der Waals surface area contributed by atoms with E-state index in [1.165, 1.54) is 0 Å². The minimum Gasteiger partial charge on any atom is -0.334 e. The molecule has 134 valence electrons. The van der Waals surface area contributed by atoms with Gasteiger partial charge in [0.25, 0.3) is 5.91 Å². The van der Waals surface area contributed by atoms with Crippen molar-refractivity contribution in [3.8, 4) is 0 Å². The monoisotopic (exact) mass is 343 g/mol. The van der Waals surface area contributed by atoms with E-state index in [9.17, 15) is 9.59 Å². The number of amides is 1. The number of carbonyl (C=O) groups is 2. The van der Waals surface area contributed by atoms with Gasteiger partial charge in [-0.05, 0) is 24.8 Å². The number of nitrogens with zero attached hydrogens (tertiary/aromatic N) is 5. The largest absolute Gasteiger partial charge is 0.334 e. The molecule has 1 aliphatic heterocycles. The number of carbonyl (C=O) groups excluding carboxylic acids is 2. The van der Waals surface area contributed by atoms with Gasteiger partial charge in [-0.15, -0.1) is 0 Å². The Bertz CT molecular complexity index is 789. The molecule has 0 aliphatic carbocycles. The Balaban J connectivity index is 1.73. The molecular weight excluding hydrogens is 318 g/mol. The fraction of sp³-hybridized carbons (Fsp3) is 0.556. The highest BCUT2D eigenvalue weighted by Gasteiger charge is 2.32. The maximum Gasteiger partial charge on any atom is 0.274 e. The van der Waals surface area contributed by atoms with Gasteiger partial charge in [-0.1, -0.05) is 13.8 Å². The Morgan fingerprint density at radius 2 is 2.08 bits per heavy atom. The number of aromatic nitrogens is 4. The summed E-state index contributed by atoms with van der Waals surface area (Å²) in [5, 5.41) is 8.42. The van der Waals surface area contributed by atoms with Crippen LogP contribution in [0.3, 0.4) is 0 Å². The minimum absolute atomic E-state index is 0.0293. The molecule has 25 heavy (non-hydrogen) atoms. The standard InChI is InChI=1S/C18H25N5O2/c1-12(2)16-9-15(20-22(16)4)18(25)23-7-5-6-14(23)8-17(24)13-10-19-21(3)11-13/h9-12,14H,5-8H2,1-4H3/t14-/m0/s1. The molecule has 3 heterocycles. The van der Waals surface area contributed by atoms with E-state index in [1.54, 1.807) is 33.7 Å². The molecule has 0 saturated carbocycles. The Labute approximate surface area is 147 Å². The van der Waals surface area contributed by atoms with Crippen molar-refractivity contribution in [3.63, 3.8) is 0 Å². The van der Waals surface area contributed by atoms with Crippen molar-refractivity contribution >= 4 is 11.7 Å². The summed E-state index contributed by atoms with van der Waals surface area (Å²) in [6.45, 7) is 4.84. The average molecular weight is 343 g/mol. The molecule has 1 atom stereocenters. The smallest absolute Gasteiger partial charge is 0.274 e. The van der Waals surface area contributed by atoms with Crippen LogP contribution in [0.25, 0.3) is 0 Å². The van der Waals surface area contributed by atoms with Gasteiger partial charge in [0.1, 0.15) is 0 Å². The van der Waals surface area contributed by atoms with Crippen LogP contribution in [0.1, 0.15) is 65.6 Å². The zero-order valence-electron chi connectivity index (χ0n) is 15.3. The van der Waals surface area contributed by atoms with E-state index in [2.05, 4.69) is 24.0 Å². The lowest BCUT2D eigenvalue weighted by Gasteiger charge is -2.23. The number of aryl methyl sites for hydroxylation is 2. The number of hydrogen-bond donors (Lipinski definition) is 0. The second kappa shape index (κ2) is 6.82. The highest BCUT2D eigenvalue weighted by Crippen LogP contribution is 2.25. The van der Waals surface area contributed by atoms with E-state index < -0.39 is 0 Å². The molecule has 3 rings (SSSR count). The molecule has 7 heteroatoms. The van der Waals surface area contributed by atoms with Gasteiger partial charge in [0.15, 0.2) is 11.5 Å². The van der Waals surface area contributed by atoms with Gasteiger partial charge in [-0.2, -0.15) is 10.2 Å². The van der Waals surface area contributed by atoms with Crippen LogP contribution in [0.4, 0.5) is 0 Å². The minimum atomic E-state index is -0.0796. The van der Waals surface area contributed by atoms with Crippen LogP contribution in [0.2, 0.25) is 0 Å². The Hall–Kier alpha value is -2.44. The summed E-state index contributed by atoms with van der Waals surface area (Å²) in [5.74, 6) is 0.256. The molecular formula is C18H25N5O2. The predicted octanol–water partition coefficient (Wildman–Crippen LogP) is 2.15. The number of hydrogen-bond acceptors (Lipinski definition) is 4. The third-order valence-corrected chi connectivity index (χ3v) is 4.81. The molecule has 0 spiro atoms. The van der Waals surface area contributed by atoms with Crippen molar-refractivity contribution in [2.75, 3.05) is 6.54 Å². The first-order chi connectivity index (χ1) is 11.9. The molecule has 1 fully saturated rings. The number of Topliss-reactive ketones (excluding diaryl/α,β-unsaturated/α-hetero) is 1. The first-order valence-electron chi connectivity index (χ1n) is 8.73. The third-order valence-electron chi connectivity index (χ3n) is 4.81. The molecule has 0 N–H and O–H groups in total. The zero-order chi connectivity index (χ0) is 18.1. The van der Waals surface area contributed by atoms with Gasteiger partial charge in [-0.25, -0.2) is 0 Å². The van der Waals surface area contributed by atoms with E-state index in [1.807, 2.05) is 13.1 Å². The Kier molecular flexibility index (Phi) is 4.74. The molecule has 7 nitrogen and oxygen atoms in total. The fourth-order valence-electron chi connectivity index (χ4n) is 3.49. The lowest BCUT2D eigenvalue weighted by Crippen LogP contribution is -2.37. The molecule has 0 unspecified atom stereocenters. The van der Waals surface area contributed by atoms with Gasteiger partial charge < -0.3 is 4.90 Å². The van der Waals surface area contributed by atoms with Crippen molar-refractivity contribution in [1.29, 1.82) is 0 Å². The van der Waals surface area contributed by atoms with E-state index in [0.717, 1.165) is 18.5 Å². The van der Waals surface area contributed by atoms with Crippen LogP contribution in [-0.4, -0.2) is 48.7 Å². The molecule has 2 aromatic rings. The quantitative estimate of drug-likeness (QED) is 0.780. The summed E-state index contributed by atoms with van der Waals surface area (Å²) in [7, 11) is 3.65. The van der Waals surface area contributed by atoms with Gasteiger partial charge in [0.05, 0.1) is 11.8 Å². The summed E-state index contributed by atoms with van der Waals surface area (Å²) < 4.78 is 3.38. The van der Waals surface area contributed by atoms with Gasteiger partial charge in [0, 0.05) is 45.0 Å². The van der Waals surface area contributed by atoms with Gasteiger partial charge in [-0.3, -0.25) is 19.0 Å². The Morgan fingerprint density at radius 1 is 1.32 bits per heavy atom. The average Bonchev–Trinajstić information content (AvgIpc) is 3.26. The predicted molar refractivity (Wildman–Crippen MR) is 93.5 cm³/mol. The molecule has 0 bridgehead atoms. The second-order valence-corrected chi connectivity index (χ2v) is 7.06. The molecule has 0 radical (unpaired) electrons. The second-order valence-electron chi connectivity index (χ2n) is 7.06. The lowest BCUT2D eigenvalue weighted by atomic mass is 10.0. The maximum absolute atomic E-state index is 12.9. The summed E-state index contributed by atoms with van der Waals surface area (Å²) >= 11 is 0. The summed E-state index contributed by atoms with van der Waals surface area (Å²) in [6, 6.07) is 1.80. The number of rotatable bonds is 5. The van der Waals surface area contributed by atoms with Crippen molar-refractivity contribution in [2.24, 2.45) is 14.1 Å². The first kappa shape index (κ1) is 17.4. The molecule has 1 amide bonds. The molecule has 0 aromatic carbocycles. The van der Waals surface area contributed by atoms with E-state index >= 15 is 0 Å². The highest BCUT2D eigenvalue weighted by molar-refractivity contribution is 5.97. The first-order valence-corrected chi connectivity index (χ1v) is 8.73. The zero-order valence-corrected chi connectivity index (χ0v) is 15.3. The van der Waals surface area contributed by atoms with Crippen molar-refractivity contribution in [1.82, 2.24) is 24.5 Å². The molecule has 1 saturated heterocycles. The molecule has 1 aliphatic rings. The van der Waals surface area contributed by atoms with Crippen molar-refractivity contribution < 1.29 is 9.59 Å². The maximum atomic E-state index is 12.9. The van der Waals surface area contributed by atoms with Crippen LogP contribution in [0, 0.1) is 0 Å². The van der Waals surface area contributed by atoms with E-state index in [-0.39, 0.29) is 17.7 Å². The highest BCUT2D eigenvalue weighted by atomic mass is 16.2.